The Morgan fingerprint density at radius 2 is 1.69 bits per heavy atom. The molecule has 7 atom stereocenters. The Bertz CT molecular complexity index is 1080. The fourth-order valence-corrected chi connectivity index (χ4v) is 6.20. The van der Waals surface area contributed by atoms with Crippen molar-refractivity contribution >= 4 is 17.7 Å². The van der Waals surface area contributed by atoms with Crippen molar-refractivity contribution in [1.29, 1.82) is 0 Å². The topological polar surface area (TPSA) is 89.9 Å². The molecule has 188 valence electrons. The molecule has 0 aliphatic heterocycles. The minimum Gasteiger partial charge on any atom is -0.458 e. The summed E-state index contributed by atoms with van der Waals surface area (Å²) in [6.07, 6.45) is 3.40. The van der Waals surface area contributed by atoms with Crippen LogP contribution in [0.5, 0.6) is 0 Å². The van der Waals surface area contributed by atoms with E-state index < -0.39 is 29.7 Å². The van der Waals surface area contributed by atoms with Crippen LogP contribution < -0.4 is 0 Å². The first-order valence-corrected chi connectivity index (χ1v) is 12.4. The van der Waals surface area contributed by atoms with E-state index in [1.54, 1.807) is 37.3 Å². The number of ether oxygens (including phenoxy) is 2. The van der Waals surface area contributed by atoms with Crippen molar-refractivity contribution in [2.45, 2.75) is 72.2 Å². The number of Topliss-reactive ketones (excluding diaryl/α,β-unsaturated/α-hetero) is 1. The molecule has 0 saturated heterocycles. The van der Waals surface area contributed by atoms with Crippen molar-refractivity contribution in [2.24, 2.45) is 29.1 Å². The highest BCUT2D eigenvalue weighted by atomic mass is 16.5. The molecule has 2 fully saturated rings. The van der Waals surface area contributed by atoms with E-state index >= 15 is 0 Å². The average molecular weight is 481 g/mol. The number of rotatable bonds is 3. The van der Waals surface area contributed by atoms with Crippen LogP contribution in [0, 0.1) is 29.1 Å². The number of allylic oxidation sites excluding steroid dienone is 1. The maximum Gasteiger partial charge on any atom is 0.338 e. The summed E-state index contributed by atoms with van der Waals surface area (Å²) < 4.78 is 11.6. The lowest BCUT2D eigenvalue weighted by Gasteiger charge is -2.31. The highest BCUT2D eigenvalue weighted by molar-refractivity contribution is 6.02. The van der Waals surface area contributed by atoms with Crippen LogP contribution in [-0.2, 0) is 19.1 Å². The highest BCUT2D eigenvalue weighted by Crippen LogP contribution is 2.62. The largest absolute Gasteiger partial charge is 0.458 e. The minimum absolute atomic E-state index is 0.0296. The summed E-state index contributed by atoms with van der Waals surface area (Å²) >= 11 is 0. The van der Waals surface area contributed by atoms with Crippen LogP contribution in [0.3, 0.4) is 0 Å². The van der Waals surface area contributed by atoms with E-state index in [4.69, 9.17) is 9.47 Å². The number of carbonyl (C=O) groups excluding carboxylic acids is 3. The molecule has 2 saturated carbocycles. The summed E-state index contributed by atoms with van der Waals surface area (Å²) in [5, 5.41) is 11.9. The predicted octanol–water partition coefficient (Wildman–Crippen LogP) is 4.67. The third kappa shape index (κ3) is 4.61. The van der Waals surface area contributed by atoms with Crippen LogP contribution in [-0.4, -0.2) is 40.6 Å². The molecule has 3 aliphatic carbocycles. The fourth-order valence-electron chi connectivity index (χ4n) is 6.20. The van der Waals surface area contributed by atoms with Gasteiger partial charge in [0.15, 0.2) is 5.78 Å². The second-order valence-corrected chi connectivity index (χ2v) is 11.2. The molecule has 0 spiro atoms. The zero-order valence-corrected chi connectivity index (χ0v) is 21.4. The Balaban J connectivity index is 1.76. The van der Waals surface area contributed by atoms with Gasteiger partial charge in [0.05, 0.1) is 11.5 Å². The summed E-state index contributed by atoms with van der Waals surface area (Å²) in [5.41, 5.74) is -0.0552. The number of ketones is 1. The van der Waals surface area contributed by atoms with Gasteiger partial charge in [0.1, 0.15) is 17.8 Å². The summed E-state index contributed by atoms with van der Waals surface area (Å²) in [5.74, 6) is -1.81. The smallest absolute Gasteiger partial charge is 0.338 e. The fraction of sp³-hybridized carbons (Fsp3) is 0.552. The summed E-state index contributed by atoms with van der Waals surface area (Å²) in [4.78, 5) is 38.6. The molecular formula is C29H36O6. The van der Waals surface area contributed by atoms with E-state index in [-0.39, 0.29) is 41.3 Å². The Labute approximate surface area is 207 Å². The molecule has 6 heteroatoms. The second-order valence-electron chi connectivity index (χ2n) is 11.2. The number of hydrogen-bond donors (Lipinski definition) is 1. The van der Waals surface area contributed by atoms with Gasteiger partial charge in [-0.25, -0.2) is 4.79 Å². The summed E-state index contributed by atoms with van der Waals surface area (Å²) in [6, 6.07) is 8.69. The van der Waals surface area contributed by atoms with E-state index in [1.807, 2.05) is 26.0 Å². The van der Waals surface area contributed by atoms with E-state index in [9.17, 15) is 19.5 Å². The first-order chi connectivity index (χ1) is 16.4. The van der Waals surface area contributed by atoms with Gasteiger partial charge in [-0.3, -0.25) is 9.59 Å². The van der Waals surface area contributed by atoms with Crippen LogP contribution in [0.25, 0.3) is 0 Å². The molecule has 3 aliphatic rings. The van der Waals surface area contributed by atoms with Crippen molar-refractivity contribution in [1.82, 2.24) is 0 Å². The Morgan fingerprint density at radius 1 is 1.03 bits per heavy atom. The van der Waals surface area contributed by atoms with E-state index in [0.717, 1.165) is 5.57 Å². The Kier molecular flexibility index (Phi) is 6.56. The number of hydrogen-bond acceptors (Lipinski definition) is 6. The third-order valence-corrected chi connectivity index (χ3v) is 8.40. The lowest BCUT2D eigenvalue weighted by molar-refractivity contribution is -0.145. The van der Waals surface area contributed by atoms with Crippen molar-refractivity contribution < 1.29 is 29.0 Å². The number of benzene rings is 1. The SMILES string of the molecule is CC(=O)O[C@@H]1C[C@@H]2[C@@H](/C=C(\C)C(=O)[C@@]3(O)C[C@@H](C)[C@H](OC(=O)c4ccccc4)[C@@H]3C=C1C)C2(C)C. The molecule has 1 N–H and O–H groups in total. The maximum absolute atomic E-state index is 13.7. The van der Waals surface area contributed by atoms with Gasteiger partial charge in [0.2, 0.25) is 0 Å². The molecule has 4 rings (SSSR count). The number of esters is 2. The minimum atomic E-state index is -1.72. The van der Waals surface area contributed by atoms with Crippen molar-refractivity contribution in [3.63, 3.8) is 0 Å². The maximum atomic E-state index is 13.7. The van der Waals surface area contributed by atoms with Crippen LogP contribution in [0.2, 0.25) is 0 Å². The number of carbonyl (C=O) groups is 3. The van der Waals surface area contributed by atoms with Gasteiger partial charge >= 0.3 is 11.9 Å². The first-order valence-electron chi connectivity index (χ1n) is 12.4. The van der Waals surface area contributed by atoms with Gasteiger partial charge in [-0.1, -0.05) is 51.1 Å². The summed E-state index contributed by atoms with van der Waals surface area (Å²) in [6.45, 7) is 11.2. The van der Waals surface area contributed by atoms with Gasteiger partial charge in [-0.05, 0) is 73.1 Å². The molecular weight excluding hydrogens is 444 g/mol. The molecule has 0 unspecified atom stereocenters. The molecule has 0 bridgehead atoms. The van der Waals surface area contributed by atoms with Gasteiger partial charge < -0.3 is 14.6 Å². The first kappa shape index (κ1) is 25.4. The van der Waals surface area contributed by atoms with E-state index in [2.05, 4.69) is 13.8 Å². The van der Waals surface area contributed by atoms with Crippen LogP contribution in [0.1, 0.15) is 64.7 Å². The van der Waals surface area contributed by atoms with Crippen molar-refractivity contribution in [3.05, 3.63) is 59.2 Å². The summed E-state index contributed by atoms with van der Waals surface area (Å²) in [7, 11) is 0. The Morgan fingerprint density at radius 3 is 2.31 bits per heavy atom. The molecule has 1 aromatic rings. The zero-order valence-electron chi connectivity index (χ0n) is 21.4. The normalized spacial score (nSPS) is 37.5. The monoisotopic (exact) mass is 480 g/mol. The van der Waals surface area contributed by atoms with Gasteiger partial charge in [-0.15, -0.1) is 0 Å². The molecule has 0 radical (unpaired) electrons. The molecule has 0 aromatic heterocycles. The second kappa shape index (κ2) is 9.05. The van der Waals surface area contributed by atoms with Gasteiger partial charge in [0.25, 0.3) is 0 Å². The molecule has 1 aromatic carbocycles. The highest BCUT2D eigenvalue weighted by Gasteiger charge is 2.60. The van der Waals surface area contributed by atoms with Crippen molar-refractivity contribution in [2.75, 3.05) is 0 Å². The van der Waals surface area contributed by atoms with E-state index in [1.165, 1.54) is 6.92 Å². The van der Waals surface area contributed by atoms with Gasteiger partial charge in [-0.2, -0.15) is 0 Å². The predicted molar refractivity (Wildman–Crippen MR) is 131 cm³/mol. The van der Waals surface area contributed by atoms with Crippen LogP contribution in [0.15, 0.2) is 53.6 Å². The van der Waals surface area contributed by atoms with E-state index in [0.29, 0.717) is 17.6 Å². The molecule has 6 nitrogen and oxygen atoms in total. The zero-order chi connectivity index (χ0) is 25.7. The number of aliphatic hydroxyl groups is 1. The lowest BCUT2D eigenvalue weighted by atomic mass is 9.81. The van der Waals surface area contributed by atoms with Gasteiger partial charge in [0, 0.05) is 6.92 Å². The molecule has 0 amide bonds. The quantitative estimate of drug-likeness (QED) is 0.500. The van der Waals surface area contributed by atoms with Crippen LogP contribution >= 0.6 is 0 Å². The Hall–Kier alpha value is -2.73. The molecule has 35 heavy (non-hydrogen) atoms. The third-order valence-electron chi connectivity index (χ3n) is 8.40. The van der Waals surface area contributed by atoms with Crippen molar-refractivity contribution in [3.8, 4) is 0 Å². The standard InChI is InChI=1S/C29H36O6/c1-16-12-23-25(35-27(32)20-10-8-7-9-11-20)18(3)15-29(23,33)26(31)17(2)13-21-22(28(21,5)6)14-24(16)34-19(4)30/h7-13,18,21-25,33H,14-15H2,1-6H3/b16-12?,17-13+/t18-,21-,22-,23+,24-,25+,29-/m1/s1. The van der Waals surface area contributed by atoms with Crippen LogP contribution in [0.4, 0.5) is 0 Å². The number of fused-ring (bicyclic) bond motifs is 2. The average Bonchev–Trinajstić information content (AvgIpc) is 3.20. The lowest BCUT2D eigenvalue weighted by Crippen LogP contribution is -2.45. The molecule has 0 heterocycles.